The molecule has 1 unspecified atom stereocenters. The molecule has 0 saturated carbocycles. The van der Waals surface area contributed by atoms with Crippen LogP contribution in [0.5, 0.6) is 11.5 Å². The molecule has 0 aliphatic heterocycles. The van der Waals surface area contributed by atoms with Gasteiger partial charge < -0.3 is 28.8 Å². The lowest BCUT2D eigenvalue weighted by Gasteiger charge is -2.33. The van der Waals surface area contributed by atoms with Gasteiger partial charge in [-0.15, -0.1) is 0 Å². The molecule has 8 heteroatoms. The fourth-order valence-electron chi connectivity index (χ4n) is 4.50. The van der Waals surface area contributed by atoms with Crippen LogP contribution in [0.25, 0.3) is 11.1 Å². The molecule has 3 aromatic rings. The first-order valence-electron chi connectivity index (χ1n) is 12.6. The Bertz CT molecular complexity index is 1260. The second-order valence-corrected chi connectivity index (χ2v) is 9.90. The van der Waals surface area contributed by atoms with Gasteiger partial charge in [0.05, 0.1) is 39.5 Å². The Morgan fingerprint density at radius 1 is 0.923 bits per heavy atom. The molecule has 0 saturated heterocycles. The quantitative estimate of drug-likeness (QED) is 0.265. The summed E-state index contributed by atoms with van der Waals surface area (Å²) in [6.45, 7) is 3.87. The summed E-state index contributed by atoms with van der Waals surface area (Å²) in [5.41, 5.74) is 2.69. The standard InChI is InChI=1S/C31H37FO7/c1-31(2,19-33)30(38-6)26-14-20(10-12-24(26)25-16-22(35-3)11-13-27(25)32)18-39-23-9-7-8-21(15-23)28(36-4)17-29(34)37-5/h7-16,28,30,33H,17-19H2,1-6H3/t28-,30?/m0/s1. The number of hydrogen-bond donors (Lipinski definition) is 1. The van der Waals surface area contributed by atoms with Crippen LogP contribution >= 0.6 is 0 Å². The van der Waals surface area contributed by atoms with Crippen LogP contribution in [0.2, 0.25) is 0 Å². The predicted molar refractivity (Wildman–Crippen MR) is 146 cm³/mol. The van der Waals surface area contributed by atoms with E-state index in [4.69, 9.17) is 23.7 Å². The number of aliphatic hydroxyl groups is 1. The predicted octanol–water partition coefficient (Wildman–Crippen LogP) is 6.04. The van der Waals surface area contributed by atoms with E-state index < -0.39 is 23.4 Å². The molecule has 0 heterocycles. The highest BCUT2D eigenvalue weighted by molar-refractivity contribution is 5.71. The highest BCUT2D eigenvalue weighted by atomic mass is 19.1. The van der Waals surface area contributed by atoms with Crippen molar-refractivity contribution < 1.29 is 38.0 Å². The number of carbonyl (C=O) groups is 1. The Hall–Kier alpha value is -3.46. The van der Waals surface area contributed by atoms with Crippen molar-refractivity contribution in [2.45, 2.75) is 39.1 Å². The Morgan fingerprint density at radius 2 is 1.69 bits per heavy atom. The van der Waals surface area contributed by atoms with Crippen LogP contribution in [0, 0.1) is 11.2 Å². The molecular formula is C31H37FO7. The summed E-state index contributed by atoms with van der Waals surface area (Å²) >= 11 is 0. The molecule has 39 heavy (non-hydrogen) atoms. The number of ether oxygens (including phenoxy) is 5. The number of halogens is 1. The first-order chi connectivity index (χ1) is 18.7. The van der Waals surface area contributed by atoms with Gasteiger partial charge in [0.1, 0.15) is 23.9 Å². The maximum absolute atomic E-state index is 15.0. The van der Waals surface area contributed by atoms with Gasteiger partial charge in [-0.05, 0) is 58.7 Å². The Balaban J connectivity index is 1.96. The van der Waals surface area contributed by atoms with Crippen LogP contribution in [0.15, 0.2) is 60.7 Å². The molecule has 0 amide bonds. The molecule has 0 aliphatic rings. The summed E-state index contributed by atoms with van der Waals surface area (Å²) in [4.78, 5) is 11.8. The third-order valence-electron chi connectivity index (χ3n) is 6.71. The SMILES string of the molecule is COC(=O)C[C@H](OC)c1cccc(OCc2ccc(-c3cc(OC)ccc3F)c(C(OC)C(C)(C)CO)c2)c1. The van der Waals surface area contributed by atoms with Crippen molar-refractivity contribution in [3.8, 4) is 22.6 Å². The second kappa shape index (κ2) is 13.6. The zero-order valence-corrected chi connectivity index (χ0v) is 23.3. The molecule has 0 aromatic heterocycles. The van der Waals surface area contributed by atoms with Gasteiger partial charge in [0.15, 0.2) is 0 Å². The van der Waals surface area contributed by atoms with Crippen LogP contribution in [-0.4, -0.2) is 46.1 Å². The highest BCUT2D eigenvalue weighted by Gasteiger charge is 2.33. The van der Waals surface area contributed by atoms with Crippen LogP contribution in [0.1, 0.15) is 49.2 Å². The average Bonchev–Trinajstić information content (AvgIpc) is 2.95. The molecule has 0 bridgehead atoms. The highest BCUT2D eigenvalue weighted by Crippen LogP contribution is 2.42. The van der Waals surface area contributed by atoms with Crippen LogP contribution in [0.3, 0.4) is 0 Å². The topological polar surface area (TPSA) is 83.5 Å². The molecule has 0 fully saturated rings. The van der Waals surface area contributed by atoms with Crippen molar-refractivity contribution in [3.05, 3.63) is 83.2 Å². The van der Waals surface area contributed by atoms with Gasteiger partial charge in [-0.2, -0.15) is 0 Å². The van der Waals surface area contributed by atoms with E-state index in [-0.39, 0.29) is 25.6 Å². The molecule has 0 radical (unpaired) electrons. The lowest BCUT2D eigenvalue weighted by atomic mass is 9.80. The zero-order valence-electron chi connectivity index (χ0n) is 23.3. The fourth-order valence-corrected chi connectivity index (χ4v) is 4.50. The van der Waals surface area contributed by atoms with Crippen molar-refractivity contribution >= 4 is 5.97 Å². The summed E-state index contributed by atoms with van der Waals surface area (Å²) in [5.74, 6) is 0.366. The van der Waals surface area contributed by atoms with E-state index in [1.54, 1.807) is 19.2 Å². The third-order valence-corrected chi connectivity index (χ3v) is 6.71. The summed E-state index contributed by atoms with van der Waals surface area (Å²) in [6.07, 6.45) is -0.916. The smallest absolute Gasteiger partial charge is 0.308 e. The van der Waals surface area contributed by atoms with Gasteiger partial charge in [-0.25, -0.2) is 4.39 Å². The maximum atomic E-state index is 15.0. The lowest BCUT2D eigenvalue weighted by Crippen LogP contribution is -2.28. The lowest BCUT2D eigenvalue weighted by molar-refractivity contribution is -0.143. The van der Waals surface area contributed by atoms with Crippen molar-refractivity contribution in [2.75, 3.05) is 35.0 Å². The molecule has 3 aromatic carbocycles. The van der Waals surface area contributed by atoms with Crippen molar-refractivity contribution in [1.82, 2.24) is 0 Å². The first kappa shape index (κ1) is 30.1. The fraction of sp³-hybridized carbons (Fsp3) is 0.387. The zero-order chi connectivity index (χ0) is 28.6. The molecule has 2 atom stereocenters. The van der Waals surface area contributed by atoms with E-state index in [1.807, 2.05) is 56.3 Å². The number of rotatable bonds is 13. The van der Waals surface area contributed by atoms with E-state index in [2.05, 4.69) is 0 Å². The summed E-state index contributed by atoms with van der Waals surface area (Å²) < 4.78 is 42.5. The Labute approximate surface area is 229 Å². The minimum absolute atomic E-state index is 0.0845. The largest absolute Gasteiger partial charge is 0.497 e. The van der Waals surface area contributed by atoms with Crippen LogP contribution in [-0.2, 0) is 25.6 Å². The Morgan fingerprint density at radius 3 is 2.33 bits per heavy atom. The van der Waals surface area contributed by atoms with Crippen molar-refractivity contribution in [2.24, 2.45) is 5.41 Å². The monoisotopic (exact) mass is 540 g/mol. The van der Waals surface area contributed by atoms with Gasteiger partial charge in [0, 0.05) is 25.2 Å². The average molecular weight is 541 g/mol. The van der Waals surface area contributed by atoms with E-state index in [0.717, 1.165) is 16.7 Å². The molecule has 210 valence electrons. The molecule has 1 N–H and O–H groups in total. The maximum Gasteiger partial charge on any atom is 0.308 e. The van der Waals surface area contributed by atoms with Gasteiger partial charge >= 0.3 is 5.97 Å². The van der Waals surface area contributed by atoms with E-state index in [0.29, 0.717) is 22.6 Å². The number of methoxy groups -OCH3 is 4. The third kappa shape index (κ3) is 7.35. The second-order valence-electron chi connectivity index (χ2n) is 9.90. The summed E-state index contributed by atoms with van der Waals surface area (Å²) in [6, 6.07) is 17.5. The Kier molecular flexibility index (Phi) is 10.5. The first-order valence-corrected chi connectivity index (χ1v) is 12.6. The van der Waals surface area contributed by atoms with Gasteiger partial charge in [0.2, 0.25) is 0 Å². The number of carbonyl (C=O) groups excluding carboxylic acids is 1. The number of hydrogen-bond acceptors (Lipinski definition) is 7. The van der Waals surface area contributed by atoms with Crippen molar-refractivity contribution in [1.29, 1.82) is 0 Å². The van der Waals surface area contributed by atoms with Gasteiger partial charge in [0.25, 0.3) is 0 Å². The number of benzene rings is 3. The van der Waals surface area contributed by atoms with Crippen LogP contribution < -0.4 is 9.47 Å². The van der Waals surface area contributed by atoms with E-state index in [1.165, 1.54) is 27.4 Å². The van der Waals surface area contributed by atoms with E-state index >= 15 is 4.39 Å². The van der Waals surface area contributed by atoms with Gasteiger partial charge in [-0.1, -0.05) is 38.1 Å². The summed E-state index contributed by atoms with van der Waals surface area (Å²) in [5, 5.41) is 10.1. The normalized spacial score (nSPS) is 13.0. The van der Waals surface area contributed by atoms with Crippen LogP contribution in [0.4, 0.5) is 4.39 Å². The molecular weight excluding hydrogens is 503 g/mol. The van der Waals surface area contributed by atoms with Crippen molar-refractivity contribution in [3.63, 3.8) is 0 Å². The number of esters is 1. The molecule has 0 spiro atoms. The molecule has 3 rings (SSSR count). The molecule has 7 nitrogen and oxygen atoms in total. The minimum atomic E-state index is -0.651. The van der Waals surface area contributed by atoms with Gasteiger partial charge in [-0.3, -0.25) is 4.79 Å². The summed E-state index contributed by atoms with van der Waals surface area (Å²) in [7, 11) is 5.98. The minimum Gasteiger partial charge on any atom is -0.497 e. The number of aliphatic hydroxyl groups excluding tert-OH is 1. The molecule has 0 aliphatic carbocycles. The van der Waals surface area contributed by atoms with E-state index in [9.17, 15) is 9.90 Å².